The molecule has 0 aliphatic carbocycles. The van der Waals surface area contributed by atoms with E-state index in [4.69, 9.17) is 0 Å². The minimum absolute atomic E-state index is 0.220. The SMILES string of the molecule is Cc1ccccc1Cn1c(CN2CCC(C(=O)N3CCCCCC3)CC2)cc2ccccc21. The van der Waals surface area contributed by atoms with Gasteiger partial charge in [-0.2, -0.15) is 0 Å². The van der Waals surface area contributed by atoms with Gasteiger partial charge in [-0.3, -0.25) is 9.69 Å². The highest BCUT2D eigenvalue weighted by molar-refractivity contribution is 5.81. The minimum atomic E-state index is 0.220. The lowest BCUT2D eigenvalue weighted by Gasteiger charge is -2.34. The molecule has 2 aliphatic heterocycles. The first-order valence-corrected chi connectivity index (χ1v) is 12.8. The molecule has 0 saturated carbocycles. The highest BCUT2D eigenvalue weighted by Gasteiger charge is 2.29. The van der Waals surface area contributed by atoms with Crippen molar-refractivity contribution in [2.24, 2.45) is 5.92 Å². The number of para-hydroxylation sites is 1. The largest absolute Gasteiger partial charge is 0.342 e. The normalized spacial score (nSPS) is 18.5. The number of hydrogen-bond donors (Lipinski definition) is 0. The van der Waals surface area contributed by atoms with Crippen molar-refractivity contribution in [1.29, 1.82) is 0 Å². The van der Waals surface area contributed by atoms with Gasteiger partial charge in [-0.25, -0.2) is 0 Å². The van der Waals surface area contributed by atoms with Crippen molar-refractivity contribution in [1.82, 2.24) is 14.4 Å². The van der Waals surface area contributed by atoms with Crippen LogP contribution in [0.2, 0.25) is 0 Å². The third-order valence-corrected chi connectivity index (χ3v) is 7.73. The highest BCUT2D eigenvalue weighted by atomic mass is 16.2. The number of carbonyl (C=O) groups is 1. The maximum atomic E-state index is 13.1. The Hall–Kier alpha value is -2.59. The quantitative estimate of drug-likeness (QED) is 0.513. The molecule has 3 aromatic rings. The lowest BCUT2D eigenvalue weighted by molar-refractivity contribution is -0.137. The average Bonchev–Trinajstić information content (AvgIpc) is 3.00. The average molecular weight is 444 g/mol. The van der Waals surface area contributed by atoms with Gasteiger partial charge >= 0.3 is 0 Å². The van der Waals surface area contributed by atoms with Crippen molar-refractivity contribution in [3.8, 4) is 0 Å². The van der Waals surface area contributed by atoms with Crippen LogP contribution in [0.4, 0.5) is 0 Å². The van der Waals surface area contributed by atoms with E-state index < -0.39 is 0 Å². The molecule has 1 amide bonds. The standard InChI is InChI=1S/C29H37N3O/c1-23-10-4-5-12-26(23)21-32-27(20-25-11-6-7-13-28(25)32)22-30-18-14-24(15-19-30)29(33)31-16-8-2-3-9-17-31/h4-7,10-13,20,24H,2-3,8-9,14-19,21-22H2,1H3. The van der Waals surface area contributed by atoms with Crippen molar-refractivity contribution in [2.75, 3.05) is 26.2 Å². The van der Waals surface area contributed by atoms with Crippen LogP contribution < -0.4 is 0 Å². The van der Waals surface area contributed by atoms with Gasteiger partial charge in [0.15, 0.2) is 0 Å². The summed E-state index contributed by atoms with van der Waals surface area (Å²) in [5, 5.41) is 1.31. The summed E-state index contributed by atoms with van der Waals surface area (Å²) in [6.45, 7) is 8.01. The summed E-state index contributed by atoms with van der Waals surface area (Å²) in [5.74, 6) is 0.641. The van der Waals surface area contributed by atoms with Crippen LogP contribution in [0.1, 0.15) is 55.3 Å². The molecule has 2 saturated heterocycles. The first kappa shape index (κ1) is 22.2. The monoisotopic (exact) mass is 443 g/mol. The third-order valence-electron chi connectivity index (χ3n) is 7.73. The summed E-state index contributed by atoms with van der Waals surface area (Å²) in [4.78, 5) is 17.8. The summed E-state index contributed by atoms with van der Waals surface area (Å²) in [6.07, 6.45) is 6.89. The molecule has 5 rings (SSSR count). The van der Waals surface area contributed by atoms with Crippen LogP contribution in [-0.4, -0.2) is 46.5 Å². The predicted molar refractivity (Wildman–Crippen MR) is 135 cm³/mol. The molecular weight excluding hydrogens is 406 g/mol. The van der Waals surface area contributed by atoms with Gasteiger partial charge in [-0.1, -0.05) is 55.3 Å². The Kier molecular flexibility index (Phi) is 6.82. The van der Waals surface area contributed by atoms with Crippen molar-refractivity contribution in [3.63, 3.8) is 0 Å². The van der Waals surface area contributed by atoms with Crippen LogP contribution in [0.25, 0.3) is 10.9 Å². The van der Waals surface area contributed by atoms with E-state index in [1.165, 1.54) is 53.4 Å². The van der Waals surface area contributed by atoms with Crippen LogP contribution in [0.5, 0.6) is 0 Å². The van der Waals surface area contributed by atoms with Crippen molar-refractivity contribution in [2.45, 2.75) is 58.5 Å². The number of fused-ring (bicyclic) bond motifs is 1. The first-order valence-electron chi connectivity index (χ1n) is 12.8. The molecule has 0 atom stereocenters. The number of amides is 1. The van der Waals surface area contributed by atoms with Gasteiger partial charge < -0.3 is 9.47 Å². The Morgan fingerprint density at radius 1 is 0.848 bits per heavy atom. The zero-order valence-corrected chi connectivity index (χ0v) is 20.0. The zero-order chi connectivity index (χ0) is 22.6. The molecule has 4 heteroatoms. The maximum absolute atomic E-state index is 13.1. The van der Waals surface area contributed by atoms with Crippen LogP contribution in [0, 0.1) is 12.8 Å². The Balaban J connectivity index is 1.28. The van der Waals surface area contributed by atoms with E-state index in [-0.39, 0.29) is 5.92 Å². The highest BCUT2D eigenvalue weighted by Crippen LogP contribution is 2.26. The topological polar surface area (TPSA) is 28.5 Å². The fourth-order valence-electron chi connectivity index (χ4n) is 5.66. The number of aromatic nitrogens is 1. The number of likely N-dealkylation sites (tertiary alicyclic amines) is 2. The molecule has 0 bridgehead atoms. The molecule has 0 unspecified atom stereocenters. The fraction of sp³-hybridized carbons (Fsp3) is 0.483. The summed E-state index contributed by atoms with van der Waals surface area (Å²) in [5.41, 5.74) is 5.40. The van der Waals surface area contributed by atoms with Crippen LogP contribution in [-0.2, 0) is 17.9 Å². The molecule has 33 heavy (non-hydrogen) atoms. The van der Waals surface area contributed by atoms with E-state index in [2.05, 4.69) is 75.9 Å². The predicted octanol–water partition coefficient (Wildman–Crippen LogP) is 5.61. The van der Waals surface area contributed by atoms with E-state index in [1.807, 2.05) is 0 Å². The number of rotatable bonds is 5. The third kappa shape index (κ3) is 5.01. The summed E-state index contributed by atoms with van der Waals surface area (Å²) >= 11 is 0. The minimum Gasteiger partial charge on any atom is -0.342 e. The fourth-order valence-corrected chi connectivity index (χ4v) is 5.66. The Bertz CT molecular complexity index is 1090. The Morgan fingerprint density at radius 2 is 1.55 bits per heavy atom. The van der Waals surface area contributed by atoms with Gasteiger partial charge in [0.1, 0.15) is 0 Å². The second kappa shape index (κ2) is 10.1. The molecule has 2 fully saturated rings. The van der Waals surface area contributed by atoms with Crippen LogP contribution in [0.15, 0.2) is 54.6 Å². The lowest BCUT2D eigenvalue weighted by Crippen LogP contribution is -2.42. The number of benzene rings is 2. The number of hydrogen-bond acceptors (Lipinski definition) is 2. The van der Waals surface area contributed by atoms with E-state index >= 15 is 0 Å². The Labute approximate surface area is 198 Å². The van der Waals surface area contributed by atoms with Crippen molar-refractivity contribution in [3.05, 3.63) is 71.4 Å². The number of nitrogens with zero attached hydrogens (tertiary/aromatic N) is 3. The second-order valence-corrected chi connectivity index (χ2v) is 10.00. The molecule has 1 aromatic heterocycles. The van der Waals surface area contributed by atoms with E-state index in [1.54, 1.807) is 0 Å². The zero-order valence-electron chi connectivity index (χ0n) is 20.0. The molecule has 2 aliphatic rings. The molecule has 2 aromatic carbocycles. The molecule has 0 N–H and O–H groups in total. The van der Waals surface area contributed by atoms with Gasteiger partial charge in [0.25, 0.3) is 0 Å². The molecule has 174 valence electrons. The van der Waals surface area contributed by atoms with E-state index in [9.17, 15) is 4.79 Å². The van der Waals surface area contributed by atoms with E-state index in [0.29, 0.717) is 5.91 Å². The Morgan fingerprint density at radius 3 is 2.30 bits per heavy atom. The van der Waals surface area contributed by atoms with Crippen molar-refractivity contribution < 1.29 is 4.79 Å². The second-order valence-electron chi connectivity index (χ2n) is 10.00. The number of aryl methyl sites for hydroxylation is 1. The smallest absolute Gasteiger partial charge is 0.225 e. The molecule has 0 spiro atoms. The van der Waals surface area contributed by atoms with Crippen LogP contribution in [0.3, 0.4) is 0 Å². The first-order chi connectivity index (χ1) is 16.2. The van der Waals surface area contributed by atoms with Gasteiger partial charge in [0, 0.05) is 43.3 Å². The maximum Gasteiger partial charge on any atom is 0.225 e. The summed E-state index contributed by atoms with van der Waals surface area (Å²) in [7, 11) is 0. The van der Waals surface area contributed by atoms with Gasteiger partial charge in [-0.05, 0) is 74.3 Å². The van der Waals surface area contributed by atoms with Gasteiger partial charge in [-0.15, -0.1) is 0 Å². The summed E-state index contributed by atoms with van der Waals surface area (Å²) in [6, 6.07) is 19.8. The molecule has 0 radical (unpaired) electrons. The van der Waals surface area contributed by atoms with E-state index in [0.717, 1.165) is 52.1 Å². The van der Waals surface area contributed by atoms with Crippen LogP contribution >= 0.6 is 0 Å². The number of piperidine rings is 1. The molecule has 3 heterocycles. The number of carbonyl (C=O) groups excluding carboxylic acids is 1. The molecule has 4 nitrogen and oxygen atoms in total. The van der Waals surface area contributed by atoms with Gasteiger partial charge in [0.05, 0.1) is 0 Å². The lowest BCUT2D eigenvalue weighted by atomic mass is 9.95. The molecular formula is C29H37N3O. The van der Waals surface area contributed by atoms with Crippen molar-refractivity contribution >= 4 is 16.8 Å². The van der Waals surface area contributed by atoms with Gasteiger partial charge in [0.2, 0.25) is 5.91 Å². The summed E-state index contributed by atoms with van der Waals surface area (Å²) < 4.78 is 2.49.